The van der Waals surface area contributed by atoms with Gasteiger partial charge in [0, 0.05) is 30.1 Å². The summed E-state index contributed by atoms with van der Waals surface area (Å²) in [6.07, 6.45) is 6.61. The van der Waals surface area contributed by atoms with Crippen molar-refractivity contribution < 1.29 is 9.47 Å². The molecule has 9 nitrogen and oxygen atoms in total. The molecule has 0 spiro atoms. The van der Waals surface area contributed by atoms with Crippen LogP contribution in [0.5, 0.6) is 11.5 Å². The largest absolute Gasteiger partial charge is 0.493 e. The van der Waals surface area contributed by atoms with E-state index in [9.17, 15) is 4.79 Å². The van der Waals surface area contributed by atoms with Crippen molar-refractivity contribution in [3.05, 3.63) is 75.3 Å². The van der Waals surface area contributed by atoms with Gasteiger partial charge in [-0.25, -0.2) is 4.68 Å². The summed E-state index contributed by atoms with van der Waals surface area (Å²) in [7, 11) is 3.20. The highest BCUT2D eigenvalue weighted by atomic mass is 16.5. The third kappa shape index (κ3) is 4.37. The highest BCUT2D eigenvalue weighted by Crippen LogP contribution is 2.36. The van der Waals surface area contributed by atoms with Crippen LogP contribution in [0.25, 0.3) is 10.9 Å². The molecular weight excluding hydrogens is 468 g/mol. The van der Waals surface area contributed by atoms with Gasteiger partial charge in [-0.15, -0.1) is 5.10 Å². The molecule has 1 saturated carbocycles. The predicted molar refractivity (Wildman–Crippen MR) is 140 cm³/mol. The van der Waals surface area contributed by atoms with Gasteiger partial charge in [-0.3, -0.25) is 9.69 Å². The van der Waals surface area contributed by atoms with Crippen molar-refractivity contribution >= 4 is 10.9 Å². The fourth-order valence-electron chi connectivity index (χ4n) is 5.96. The number of methoxy groups -OCH3 is 2. The SMILES string of the molecule is COc1cc2cc([C@H](c3nnnn3C3CCCCC3)N3CCc4ccccc4C3)c(=O)[nH]c2cc1OC. The summed E-state index contributed by atoms with van der Waals surface area (Å²) in [6.45, 7) is 1.53. The number of ether oxygens (including phenoxy) is 2. The fourth-order valence-corrected chi connectivity index (χ4v) is 5.96. The Morgan fingerprint density at radius 2 is 1.76 bits per heavy atom. The van der Waals surface area contributed by atoms with Gasteiger partial charge in [0.25, 0.3) is 5.56 Å². The van der Waals surface area contributed by atoms with Gasteiger partial charge in [0.2, 0.25) is 0 Å². The van der Waals surface area contributed by atoms with E-state index in [0.29, 0.717) is 22.6 Å². The van der Waals surface area contributed by atoms with Gasteiger partial charge in [0.1, 0.15) is 6.04 Å². The second-order valence-electron chi connectivity index (χ2n) is 10.0. The Balaban J connectivity index is 1.50. The summed E-state index contributed by atoms with van der Waals surface area (Å²) in [4.78, 5) is 19.1. The number of aromatic amines is 1. The molecule has 0 bridgehead atoms. The van der Waals surface area contributed by atoms with Crippen molar-refractivity contribution in [2.75, 3.05) is 20.8 Å². The number of nitrogens with one attached hydrogen (secondary N) is 1. The van der Waals surface area contributed by atoms with Crippen LogP contribution in [0.15, 0.2) is 47.3 Å². The first-order chi connectivity index (χ1) is 18.2. The number of hydrogen-bond donors (Lipinski definition) is 1. The maximum absolute atomic E-state index is 13.7. The highest BCUT2D eigenvalue weighted by molar-refractivity contribution is 5.83. The van der Waals surface area contributed by atoms with Crippen molar-refractivity contribution in [2.45, 2.75) is 57.2 Å². The molecule has 2 aliphatic rings. The second-order valence-corrected chi connectivity index (χ2v) is 10.0. The molecule has 1 aliphatic carbocycles. The average molecular weight is 501 g/mol. The molecule has 37 heavy (non-hydrogen) atoms. The molecular formula is C28H32N6O3. The Kier molecular flexibility index (Phi) is 6.38. The molecule has 0 unspecified atom stereocenters. The second kappa shape index (κ2) is 9.97. The molecule has 3 heterocycles. The molecule has 4 aromatic rings. The van der Waals surface area contributed by atoms with Crippen LogP contribution in [-0.4, -0.2) is 50.9 Å². The van der Waals surface area contributed by atoms with E-state index < -0.39 is 0 Å². The van der Waals surface area contributed by atoms with Gasteiger partial charge in [-0.05, 0) is 52.9 Å². The summed E-state index contributed by atoms with van der Waals surface area (Å²) in [5.41, 5.74) is 3.81. The van der Waals surface area contributed by atoms with E-state index in [1.807, 2.05) is 16.8 Å². The van der Waals surface area contributed by atoms with Crippen LogP contribution in [0.2, 0.25) is 0 Å². The number of aromatic nitrogens is 5. The zero-order chi connectivity index (χ0) is 25.4. The Morgan fingerprint density at radius 1 is 1.00 bits per heavy atom. The first-order valence-electron chi connectivity index (χ1n) is 13.0. The summed E-state index contributed by atoms with van der Waals surface area (Å²) in [6, 6.07) is 14.1. The van der Waals surface area contributed by atoms with Gasteiger partial charge >= 0.3 is 0 Å². The van der Waals surface area contributed by atoms with Crippen LogP contribution in [0.4, 0.5) is 0 Å². The number of benzene rings is 2. The Morgan fingerprint density at radius 3 is 2.54 bits per heavy atom. The minimum Gasteiger partial charge on any atom is -0.493 e. The lowest BCUT2D eigenvalue weighted by Gasteiger charge is -2.35. The summed E-state index contributed by atoms with van der Waals surface area (Å²) in [5, 5.41) is 14.0. The van der Waals surface area contributed by atoms with Crippen LogP contribution in [0.3, 0.4) is 0 Å². The van der Waals surface area contributed by atoms with Crippen molar-refractivity contribution in [1.82, 2.24) is 30.1 Å². The molecule has 2 aromatic heterocycles. The van der Waals surface area contributed by atoms with Crippen molar-refractivity contribution in [1.29, 1.82) is 0 Å². The van der Waals surface area contributed by atoms with E-state index in [0.717, 1.165) is 43.6 Å². The van der Waals surface area contributed by atoms with E-state index in [-0.39, 0.29) is 17.6 Å². The topological polar surface area (TPSA) is 98.2 Å². The first kappa shape index (κ1) is 23.7. The average Bonchev–Trinajstić information content (AvgIpc) is 3.42. The molecule has 1 atom stereocenters. The Hall–Kier alpha value is -3.72. The molecule has 0 radical (unpaired) electrons. The zero-order valence-corrected chi connectivity index (χ0v) is 21.3. The van der Waals surface area contributed by atoms with E-state index >= 15 is 0 Å². The predicted octanol–water partition coefficient (Wildman–Crippen LogP) is 4.18. The van der Waals surface area contributed by atoms with Crippen LogP contribution in [-0.2, 0) is 13.0 Å². The highest BCUT2D eigenvalue weighted by Gasteiger charge is 2.34. The standard InChI is InChI=1S/C28H32N6O3/c1-36-24-15-20-14-22(28(35)29-23(20)16-25(24)37-2)26(33-13-12-18-8-6-7-9-19(18)17-33)27-30-31-32-34(27)21-10-4-3-5-11-21/h6-9,14-16,21,26H,3-5,10-13,17H2,1-2H3,(H,29,35)/t26-/m1/s1. The molecule has 0 amide bonds. The van der Waals surface area contributed by atoms with E-state index in [1.165, 1.54) is 30.4 Å². The smallest absolute Gasteiger partial charge is 0.253 e. The van der Waals surface area contributed by atoms with Crippen LogP contribution in [0, 0.1) is 0 Å². The molecule has 0 saturated heterocycles. The molecule has 1 aliphatic heterocycles. The lowest BCUT2D eigenvalue weighted by Crippen LogP contribution is -2.39. The van der Waals surface area contributed by atoms with Crippen LogP contribution in [0.1, 0.15) is 66.7 Å². The van der Waals surface area contributed by atoms with E-state index in [4.69, 9.17) is 9.47 Å². The maximum atomic E-state index is 13.7. The normalized spacial score (nSPS) is 17.5. The molecule has 2 aromatic carbocycles. The maximum Gasteiger partial charge on any atom is 0.253 e. The molecule has 1 N–H and O–H groups in total. The van der Waals surface area contributed by atoms with Crippen molar-refractivity contribution in [2.24, 2.45) is 0 Å². The monoisotopic (exact) mass is 500 g/mol. The Labute approximate surface area is 215 Å². The quantitative estimate of drug-likeness (QED) is 0.424. The number of tetrazole rings is 1. The van der Waals surface area contributed by atoms with Crippen LogP contribution < -0.4 is 15.0 Å². The lowest BCUT2D eigenvalue weighted by molar-refractivity contribution is 0.187. The van der Waals surface area contributed by atoms with Gasteiger partial charge in [0.15, 0.2) is 17.3 Å². The number of fused-ring (bicyclic) bond motifs is 2. The Bertz CT molecular complexity index is 1470. The molecule has 192 valence electrons. The molecule has 6 rings (SSSR count). The third-order valence-electron chi connectivity index (χ3n) is 7.88. The number of pyridine rings is 1. The minimum atomic E-state index is -0.383. The van der Waals surface area contributed by atoms with Gasteiger partial charge in [-0.2, -0.15) is 0 Å². The van der Waals surface area contributed by atoms with Crippen molar-refractivity contribution in [3.63, 3.8) is 0 Å². The zero-order valence-electron chi connectivity index (χ0n) is 21.3. The van der Waals surface area contributed by atoms with Crippen LogP contribution >= 0.6 is 0 Å². The summed E-state index contributed by atoms with van der Waals surface area (Å²) in [5.74, 6) is 1.92. The fraction of sp³-hybridized carbons (Fsp3) is 0.429. The van der Waals surface area contributed by atoms with E-state index in [1.54, 1.807) is 20.3 Å². The number of hydrogen-bond acceptors (Lipinski definition) is 7. The summed E-state index contributed by atoms with van der Waals surface area (Å²) < 4.78 is 13.0. The van der Waals surface area contributed by atoms with Gasteiger partial charge in [0.05, 0.1) is 25.8 Å². The van der Waals surface area contributed by atoms with E-state index in [2.05, 4.69) is 49.7 Å². The minimum absolute atomic E-state index is 0.151. The number of nitrogens with zero attached hydrogens (tertiary/aromatic N) is 5. The number of H-pyrrole nitrogens is 1. The van der Waals surface area contributed by atoms with Gasteiger partial charge in [-0.1, -0.05) is 43.5 Å². The number of rotatable bonds is 6. The lowest BCUT2D eigenvalue weighted by atomic mass is 9.94. The molecule has 9 heteroatoms. The molecule has 1 fully saturated rings. The van der Waals surface area contributed by atoms with Crippen molar-refractivity contribution in [3.8, 4) is 11.5 Å². The third-order valence-corrected chi connectivity index (χ3v) is 7.88. The first-order valence-corrected chi connectivity index (χ1v) is 13.0. The van der Waals surface area contributed by atoms with Gasteiger partial charge < -0.3 is 14.5 Å². The summed E-state index contributed by atoms with van der Waals surface area (Å²) >= 11 is 0.